The number of aliphatic imine (C=N–C) groups is 1. The van der Waals surface area contributed by atoms with Crippen molar-refractivity contribution < 1.29 is 17.5 Å². The van der Waals surface area contributed by atoms with Gasteiger partial charge in [0.25, 0.3) is 0 Å². The van der Waals surface area contributed by atoms with Gasteiger partial charge in [-0.3, -0.25) is 0 Å². The van der Waals surface area contributed by atoms with Gasteiger partial charge in [0.15, 0.2) is 5.96 Å². The molecule has 2 aromatic rings. The molecule has 7 nitrogen and oxygen atoms in total. The molecule has 0 atom stereocenters. The quantitative estimate of drug-likeness (QED) is 0.169. The predicted octanol–water partition coefficient (Wildman–Crippen LogP) is 2.67. The molecule has 2 rings (SSSR count). The molecule has 3 N–H and O–H groups in total. The minimum absolute atomic E-state index is 0. The molecule has 0 aromatic heterocycles. The molecule has 10 heteroatoms. The van der Waals surface area contributed by atoms with E-state index in [0.717, 1.165) is 17.5 Å². The highest BCUT2D eigenvalue weighted by atomic mass is 127. The van der Waals surface area contributed by atoms with Crippen LogP contribution >= 0.6 is 24.0 Å². The molecule has 0 heterocycles. The Hall–Kier alpha value is -1.76. The Bertz CT molecular complexity index is 924. The van der Waals surface area contributed by atoms with Gasteiger partial charge in [-0.25, -0.2) is 22.5 Å². The molecule has 0 amide bonds. The van der Waals surface area contributed by atoms with Crippen molar-refractivity contribution in [2.45, 2.75) is 24.8 Å². The largest absolute Gasteiger partial charge is 0.383 e. The van der Waals surface area contributed by atoms with Crippen LogP contribution in [0, 0.1) is 5.82 Å². The molecule has 0 bridgehead atoms. The van der Waals surface area contributed by atoms with Crippen molar-refractivity contribution in [1.82, 2.24) is 15.4 Å². The second-order valence-corrected chi connectivity index (χ2v) is 8.30. The third-order valence-corrected chi connectivity index (χ3v) is 5.65. The van der Waals surface area contributed by atoms with Crippen LogP contribution in [0.1, 0.15) is 18.1 Å². The average molecular weight is 564 g/mol. The summed E-state index contributed by atoms with van der Waals surface area (Å²) < 4.78 is 45.1. The van der Waals surface area contributed by atoms with E-state index in [9.17, 15) is 12.8 Å². The van der Waals surface area contributed by atoms with Crippen molar-refractivity contribution in [3.63, 3.8) is 0 Å². The van der Waals surface area contributed by atoms with Gasteiger partial charge in [0, 0.05) is 26.7 Å². The lowest BCUT2D eigenvalue weighted by Gasteiger charge is -2.12. The van der Waals surface area contributed by atoms with Gasteiger partial charge in [0.1, 0.15) is 5.82 Å². The molecule has 0 spiro atoms. The highest BCUT2D eigenvalue weighted by Crippen LogP contribution is 2.12. The lowest BCUT2D eigenvalue weighted by molar-refractivity contribution is 0.204. The van der Waals surface area contributed by atoms with Crippen LogP contribution in [0.3, 0.4) is 0 Å². The number of nitrogens with zero attached hydrogens (tertiary/aromatic N) is 1. The molecule has 0 aliphatic heterocycles. The first-order valence-electron chi connectivity index (χ1n) is 9.78. The Labute approximate surface area is 201 Å². The van der Waals surface area contributed by atoms with Crippen LogP contribution in [0.15, 0.2) is 58.4 Å². The molecule has 0 saturated carbocycles. The van der Waals surface area contributed by atoms with Crippen molar-refractivity contribution in [3.8, 4) is 0 Å². The number of rotatable bonds is 11. The Morgan fingerprint density at radius 1 is 1.06 bits per heavy atom. The number of halogens is 2. The smallest absolute Gasteiger partial charge is 0.240 e. The monoisotopic (exact) mass is 564 g/mol. The fraction of sp³-hybridized carbons (Fsp3) is 0.381. The van der Waals surface area contributed by atoms with Crippen LogP contribution in [0.25, 0.3) is 0 Å². The summed E-state index contributed by atoms with van der Waals surface area (Å²) in [5.41, 5.74) is 1.80. The second-order valence-electron chi connectivity index (χ2n) is 6.54. The number of hydrogen-bond donors (Lipinski definition) is 3. The normalized spacial score (nSPS) is 11.6. The maximum Gasteiger partial charge on any atom is 0.240 e. The van der Waals surface area contributed by atoms with Crippen LogP contribution in [0.2, 0.25) is 0 Å². The number of methoxy groups -OCH3 is 1. The summed E-state index contributed by atoms with van der Waals surface area (Å²) in [6.07, 6.45) is 0.728. The zero-order chi connectivity index (χ0) is 21.8. The van der Waals surface area contributed by atoms with E-state index in [1.54, 1.807) is 30.3 Å². The fourth-order valence-corrected chi connectivity index (χ4v) is 3.74. The van der Waals surface area contributed by atoms with Crippen molar-refractivity contribution in [2.75, 3.05) is 33.4 Å². The Morgan fingerprint density at radius 2 is 1.81 bits per heavy atom. The maximum absolute atomic E-state index is 13.0. The molecule has 0 aliphatic carbocycles. The zero-order valence-corrected chi connectivity index (χ0v) is 20.9. The molecular formula is C21H30FIN4O3S. The molecular weight excluding hydrogens is 534 g/mol. The van der Waals surface area contributed by atoms with Crippen molar-refractivity contribution in [3.05, 3.63) is 65.5 Å². The van der Waals surface area contributed by atoms with E-state index in [4.69, 9.17) is 4.74 Å². The third kappa shape index (κ3) is 9.93. The molecule has 0 saturated heterocycles. The first-order chi connectivity index (χ1) is 14.4. The minimum atomic E-state index is -3.59. The molecule has 0 aliphatic rings. The summed E-state index contributed by atoms with van der Waals surface area (Å²) in [5, 5.41) is 6.40. The number of sulfonamides is 1. The summed E-state index contributed by atoms with van der Waals surface area (Å²) in [4.78, 5) is 4.72. The van der Waals surface area contributed by atoms with Gasteiger partial charge in [-0.05, 0) is 48.7 Å². The van der Waals surface area contributed by atoms with E-state index in [-0.39, 0.29) is 41.2 Å². The molecule has 0 radical (unpaired) electrons. The van der Waals surface area contributed by atoms with E-state index in [1.807, 2.05) is 13.0 Å². The summed E-state index contributed by atoms with van der Waals surface area (Å²) in [5.74, 6) is 0.380. The highest BCUT2D eigenvalue weighted by Gasteiger charge is 2.13. The van der Waals surface area contributed by atoms with Crippen molar-refractivity contribution in [2.24, 2.45) is 4.99 Å². The average Bonchev–Trinajstić information content (AvgIpc) is 2.74. The van der Waals surface area contributed by atoms with Crippen LogP contribution in [-0.4, -0.2) is 47.7 Å². The topological polar surface area (TPSA) is 91.8 Å². The first kappa shape index (κ1) is 27.3. The van der Waals surface area contributed by atoms with Crippen molar-refractivity contribution in [1.29, 1.82) is 0 Å². The van der Waals surface area contributed by atoms with Gasteiger partial charge < -0.3 is 15.4 Å². The molecule has 0 unspecified atom stereocenters. The Balaban J connectivity index is 0.00000480. The lowest BCUT2D eigenvalue weighted by atomic mass is 10.1. The summed E-state index contributed by atoms with van der Waals surface area (Å²) >= 11 is 0. The van der Waals surface area contributed by atoms with Crippen molar-refractivity contribution >= 4 is 40.0 Å². The highest BCUT2D eigenvalue weighted by molar-refractivity contribution is 14.0. The number of hydrogen-bond acceptors (Lipinski definition) is 4. The maximum atomic E-state index is 13.0. The van der Waals surface area contributed by atoms with Crippen LogP contribution < -0.4 is 15.4 Å². The van der Waals surface area contributed by atoms with Gasteiger partial charge in [0.05, 0.1) is 18.0 Å². The van der Waals surface area contributed by atoms with E-state index in [1.165, 1.54) is 19.2 Å². The second kappa shape index (κ2) is 14.3. The fourth-order valence-electron chi connectivity index (χ4n) is 2.66. The third-order valence-electron chi connectivity index (χ3n) is 4.19. The summed E-state index contributed by atoms with van der Waals surface area (Å²) in [6.45, 7) is 4.14. The van der Waals surface area contributed by atoms with Crippen LogP contribution in [-0.2, 0) is 27.7 Å². The predicted molar refractivity (Wildman–Crippen MR) is 132 cm³/mol. The standard InChI is InChI=1S/C21H29FN4O3S.HI/c1-3-23-21(24-12-11-17-7-9-19(22)10-8-17)25-16-18-5-4-6-20(15-18)30(27,28)26-13-14-29-2;/h4-10,15,26H,3,11-14,16H2,1-2H3,(H2,23,24,25);1H. The number of guanidine groups is 1. The molecule has 0 fully saturated rings. The van der Waals surface area contributed by atoms with Gasteiger partial charge in [-0.1, -0.05) is 24.3 Å². The van der Waals surface area contributed by atoms with Gasteiger partial charge in [-0.15, -0.1) is 24.0 Å². The lowest BCUT2D eigenvalue weighted by Crippen LogP contribution is -2.38. The van der Waals surface area contributed by atoms with Gasteiger partial charge in [0.2, 0.25) is 10.0 Å². The number of nitrogens with one attached hydrogen (secondary N) is 3. The van der Waals surface area contributed by atoms with E-state index < -0.39 is 10.0 Å². The van der Waals surface area contributed by atoms with E-state index >= 15 is 0 Å². The number of ether oxygens (including phenoxy) is 1. The molecule has 31 heavy (non-hydrogen) atoms. The minimum Gasteiger partial charge on any atom is -0.383 e. The van der Waals surface area contributed by atoms with Crippen LogP contribution in [0.4, 0.5) is 4.39 Å². The van der Waals surface area contributed by atoms with Crippen LogP contribution in [0.5, 0.6) is 0 Å². The summed E-state index contributed by atoms with van der Waals surface area (Å²) in [6, 6.07) is 13.1. The first-order valence-corrected chi connectivity index (χ1v) is 11.3. The van der Waals surface area contributed by atoms with E-state index in [2.05, 4.69) is 20.3 Å². The molecule has 172 valence electrons. The summed E-state index contributed by atoms with van der Waals surface area (Å²) in [7, 11) is -2.07. The van der Waals surface area contributed by atoms with E-state index in [0.29, 0.717) is 32.2 Å². The SMILES string of the molecule is CCNC(=NCc1cccc(S(=O)(=O)NCCOC)c1)NCCc1ccc(F)cc1.I. The molecule has 2 aromatic carbocycles. The Morgan fingerprint density at radius 3 is 2.48 bits per heavy atom. The van der Waals surface area contributed by atoms with Gasteiger partial charge in [-0.2, -0.15) is 0 Å². The number of benzene rings is 2. The Kier molecular flexibility index (Phi) is 12.6. The van der Waals surface area contributed by atoms with Gasteiger partial charge >= 0.3 is 0 Å². The zero-order valence-electron chi connectivity index (χ0n) is 17.7.